The molecule has 0 bridgehead atoms. The van der Waals surface area contributed by atoms with E-state index in [2.05, 4.69) is 0 Å². The van der Waals surface area contributed by atoms with E-state index in [9.17, 15) is 22.8 Å². The van der Waals surface area contributed by atoms with Gasteiger partial charge in [0.15, 0.2) is 0 Å². The monoisotopic (exact) mass is 362 g/mol. The molecule has 2 aromatic carbocycles. The van der Waals surface area contributed by atoms with E-state index >= 15 is 0 Å². The normalized spacial score (nSPS) is 18.0. The highest BCUT2D eigenvalue weighted by molar-refractivity contribution is 6.19. The lowest BCUT2D eigenvalue weighted by atomic mass is 10.1. The van der Waals surface area contributed by atoms with Gasteiger partial charge < -0.3 is 4.90 Å². The van der Waals surface area contributed by atoms with E-state index in [0.29, 0.717) is 5.69 Å². The van der Waals surface area contributed by atoms with Gasteiger partial charge in [0, 0.05) is 12.2 Å². The van der Waals surface area contributed by atoms with Gasteiger partial charge in [0.05, 0.1) is 16.9 Å². The maximum atomic E-state index is 13.2. The molecular weight excluding hydrogens is 345 g/mol. The molecule has 3 rings (SSSR count). The van der Waals surface area contributed by atoms with Crippen molar-refractivity contribution >= 4 is 28.9 Å². The second kappa shape index (κ2) is 6.48. The van der Waals surface area contributed by atoms with E-state index in [1.54, 1.807) is 37.3 Å². The number of hydrogen-bond acceptors (Lipinski definition) is 2. The number of nitrogens with zero attached hydrogens (tertiary/aromatic N) is 2. The molecule has 0 aliphatic carbocycles. The van der Waals surface area contributed by atoms with Crippen molar-refractivity contribution in [3.8, 4) is 0 Å². The summed E-state index contributed by atoms with van der Waals surface area (Å²) < 4.78 is 39.7. The van der Waals surface area contributed by atoms with Crippen LogP contribution in [0.25, 0.3) is 0 Å². The fourth-order valence-corrected chi connectivity index (χ4v) is 3.05. The second-order valence-corrected chi connectivity index (χ2v) is 6.01. The molecule has 0 radical (unpaired) electrons. The van der Waals surface area contributed by atoms with Crippen LogP contribution in [-0.4, -0.2) is 18.4 Å². The minimum atomic E-state index is -4.56. The number of halogens is 3. The molecule has 136 valence electrons. The quantitative estimate of drug-likeness (QED) is 0.744. The Morgan fingerprint density at radius 3 is 2.19 bits per heavy atom. The Labute approximate surface area is 148 Å². The third-order valence-corrected chi connectivity index (χ3v) is 4.39. The van der Waals surface area contributed by atoms with E-state index in [4.69, 9.17) is 0 Å². The Hall–Kier alpha value is -2.83. The molecule has 0 saturated heterocycles. The number of anilines is 3. The third kappa shape index (κ3) is 2.94. The molecule has 1 unspecified atom stereocenters. The summed E-state index contributed by atoms with van der Waals surface area (Å²) in [5, 5.41) is 0. The van der Waals surface area contributed by atoms with Crippen LogP contribution >= 0.6 is 0 Å². The van der Waals surface area contributed by atoms with Crippen LogP contribution < -0.4 is 9.80 Å². The highest BCUT2D eigenvalue weighted by Crippen LogP contribution is 2.42. The van der Waals surface area contributed by atoms with E-state index in [1.807, 2.05) is 0 Å². The summed E-state index contributed by atoms with van der Waals surface area (Å²) in [5.74, 6) is -1.99. The lowest BCUT2D eigenvalue weighted by Gasteiger charge is -2.26. The molecule has 2 aromatic rings. The topological polar surface area (TPSA) is 40.6 Å². The van der Waals surface area contributed by atoms with E-state index in [0.717, 1.165) is 12.1 Å². The number of benzene rings is 2. The fraction of sp³-hybridized carbons (Fsp3) is 0.263. The molecule has 26 heavy (non-hydrogen) atoms. The van der Waals surface area contributed by atoms with Gasteiger partial charge in [0.1, 0.15) is 5.92 Å². The molecule has 0 saturated carbocycles. The van der Waals surface area contributed by atoms with Crippen molar-refractivity contribution in [3.63, 3.8) is 0 Å². The second-order valence-electron chi connectivity index (χ2n) is 6.01. The minimum absolute atomic E-state index is 0.0515. The van der Waals surface area contributed by atoms with Crippen molar-refractivity contribution in [2.24, 2.45) is 5.92 Å². The van der Waals surface area contributed by atoms with Gasteiger partial charge in [-0.05, 0) is 44.2 Å². The largest absolute Gasteiger partial charge is 0.416 e. The molecule has 0 N–H and O–H groups in total. The van der Waals surface area contributed by atoms with E-state index < -0.39 is 29.5 Å². The van der Waals surface area contributed by atoms with Crippen LogP contribution in [0.5, 0.6) is 0 Å². The first-order valence-electron chi connectivity index (χ1n) is 8.17. The fourth-order valence-electron chi connectivity index (χ4n) is 3.05. The van der Waals surface area contributed by atoms with Gasteiger partial charge in [-0.1, -0.05) is 18.2 Å². The van der Waals surface area contributed by atoms with Crippen molar-refractivity contribution in [1.29, 1.82) is 0 Å². The standard InChI is InChI=1S/C19H17F3N2O2/c1-3-23-15-10-9-13(19(20,21)22)11-16(15)24(14-7-5-4-6-8-14)18(26)12(2)17(23)25/h4-12H,3H2,1-2H3. The molecule has 0 aromatic heterocycles. The predicted octanol–water partition coefficient (Wildman–Crippen LogP) is 4.37. The van der Waals surface area contributed by atoms with Gasteiger partial charge in [-0.25, -0.2) is 0 Å². The average Bonchev–Trinajstić information content (AvgIpc) is 2.69. The molecule has 1 heterocycles. The first kappa shape index (κ1) is 18.0. The number of carbonyl (C=O) groups is 2. The molecular formula is C19H17F3N2O2. The van der Waals surface area contributed by atoms with Gasteiger partial charge >= 0.3 is 6.18 Å². The molecule has 0 spiro atoms. The van der Waals surface area contributed by atoms with Crippen LogP contribution in [-0.2, 0) is 15.8 Å². The first-order chi connectivity index (χ1) is 12.3. The first-order valence-corrected chi connectivity index (χ1v) is 8.17. The summed E-state index contributed by atoms with van der Waals surface area (Å²) in [4.78, 5) is 28.1. The number of para-hydroxylation sites is 1. The summed E-state index contributed by atoms with van der Waals surface area (Å²) in [6.45, 7) is 3.44. The number of hydrogen-bond donors (Lipinski definition) is 0. The van der Waals surface area contributed by atoms with Gasteiger partial charge in [0.25, 0.3) is 0 Å². The Morgan fingerprint density at radius 1 is 0.962 bits per heavy atom. The van der Waals surface area contributed by atoms with E-state index in [1.165, 1.54) is 22.8 Å². The lowest BCUT2D eigenvalue weighted by molar-refractivity contribution is -0.137. The molecule has 1 aliphatic rings. The van der Waals surface area contributed by atoms with Crippen LogP contribution in [0.3, 0.4) is 0 Å². The van der Waals surface area contributed by atoms with Crippen LogP contribution in [0.1, 0.15) is 19.4 Å². The van der Waals surface area contributed by atoms with Crippen molar-refractivity contribution in [1.82, 2.24) is 0 Å². The third-order valence-electron chi connectivity index (χ3n) is 4.39. The van der Waals surface area contributed by atoms with Gasteiger partial charge in [-0.15, -0.1) is 0 Å². The van der Waals surface area contributed by atoms with Crippen LogP contribution in [0.15, 0.2) is 48.5 Å². The molecule has 0 fully saturated rings. The number of carbonyl (C=O) groups excluding carboxylic acids is 2. The van der Waals surface area contributed by atoms with Crippen molar-refractivity contribution in [2.45, 2.75) is 20.0 Å². The van der Waals surface area contributed by atoms with Crippen LogP contribution in [0.2, 0.25) is 0 Å². The van der Waals surface area contributed by atoms with Gasteiger partial charge in [-0.3, -0.25) is 14.5 Å². The Balaban J connectivity index is 2.30. The molecule has 1 aliphatic heterocycles. The minimum Gasteiger partial charge on any atom is -0.310 e. The highest BCUT2D eigenvalue weighted by atomic mass is 19.4. The van der Waals surface area contributed by atoms with E-state index in [-0.39, 0.29) is 17.9 Å². The molecule has 7 heteroatoms. The highest BCUT2D eigenvalue weighted by Gasteiger charge is 2.39. The average molecular weight is 362 g/mol. The Bertz CT molecular complexity index is 850. The number of alkyl halides is 3. The van der Waals surface area contributed by atoms with Gasteiger partial charge in [0.2, 0.25) is 11.8 Å². The summed E-state index contributed by atoms with van der Waals surface area (Å²) >= 11 is 0. The lowest BCUT2D eigenvalue weighted by Crippen LogP contribution is -2.39. The van der Waals surface area contributed by atoms with Crippen LogP contribution in [0, 0.1) is 5.92 Å². The van der Waals surface area contributed by atoms with Crippen molar-refractivity contribution in [3.05, 3.63) is 54.1 Å². The Morgan fingerprint density at radius 2 is 1.62 bits per heavy atom. The van der Waals surface area contributed by atoms with Crippen molar-refractivity contribution in [2.75, 3.05) is 16.3 Å². The molecule has 1 atom stereocenters. The SMILES string of the molecule is CCN1C(=O)C(C)C(=O)N(c2ccccc2)c2cc(C(F)(F)F)ccc21. The zero-order chi connectivity index (χ0) is 19.1. The summed E-state index contributed by atoms with van der Waals surface area (Å²) in [6, 6.07) is 11.5. The summed E-state index contributed by atoms with van der Waals surface area (Å²) in [5.41, 5.74) is -0.124. The molecule has 2 amide bonds. The number of amides is 2. The smallest absolute Gasteiger partial charge is 0.310 e. The predicted molar refractivity (Wildman–Crippen MR) is 92.2 cm³/mol. The number of rotatable bonds is 2. The summed E-state index contributed by atoms with van der Waals surface area (Å²) in [7, 11) is 0. The summed E-state index contributed by atoms with van der Waals surface area (Å²) in [6.07, 6.45) is -4.56. The zero-order valence-corrected chi connectivity index (χ0v) is 14.2. The van der Waals surface area contributed by atoms with Crippen LogP contribution in [0.4, 0.5) is 30.2 Å². The maximum absolute atomic E-state index is 13.2. The molecule has 4 nitrogen and oxygen atoms in total. The zero-order valence-electron chi connectivity index (χ0n) is 14.2. The Kier molecular flexibility index (Phi) is 4.48. The number of fused-ring (bicyclic) bond motifs is 1. The maximum Gasteiger partial charge on any atom is 0.416 e. The van der Waals surface area contributed by atoms with Crippen molar-refractivity contribution < 1.29 is 22.8 Å². The van der Waals surface area contributed by atoms with Gasteiger partial charge in [-0.2, -0.15) is 13.2 Å².